The number of benzene rings is 2. The minimum absolute atomic E-state index is 0.0610. The molecule has 0 aliphatic rings. The smallest absolute Gasteiger partial charge is 0.258 e. The molecule has 2 aromatic rings. The number of nitrogens with one attached hydrogen (secondary N) is 1. The van der Waals surface area contributed by atoms with E-state index in [1.807, 2.05) is 6.92 Å². The van der Waals surface area contributed by atoms with E-state index in [0.717, 1.165) is 5.56 Å². The number of anilines is 1. The van der Waals surface area contributed by atoms with Crippen molar-refractivity contribution >= 4 is 17.5 Å². The van der Waals surface area contributed by atoms with Crippen LogP contribution in [0.2, 0.25) is 0 Å². The van der Waals surface area contributed by atoms with Crippen molar-refractivity contribution < 1.29 is 19.1 Å². The highest BCUT2D eigenvalue weighted by Gasteiger charge is 2.17. The van der Waals surface area contributed by atoms with E-state index in [-0.39, 0.29) is 24.6 Å². The zero-order chi connectivity index (χ0) is 18.4. The van der Waals surface area contributed by atoms with E-state index in [0.29, 0.717) is 17.8 Å². The van der Waals surface area contributed by atoms with E-state index in [1.54, 1.807) is 31.2 Å². The van der Waals surface area contributed by atoms with Crippen LogP contribution in [0.5, 0.6) is 0 Å². The van der Waals surface area contributed by atoms with Gasteiger partial charge in [-0.05, 0) is 43.7 Å². The number of amides is 2. The minimum Gasteiger partial charge on any atom is -0.395 e. The van der Waals surface area contributed by atoms with Crippen molar-refractivity contribution in [3.05, 3.63) is 65.0 Å². The van der Waals surface area contributed by atoms with Crippen LogP contribution < -0.4 is 5.32 Å². The van der Waals surface area contributed by atoms with E-state index in [4.69, 9.17) is 5.11 Å². The van der Waals surface area contributed by atoms with Gasteiger partial charge < -0.3 is 15.3 Å². The Hall–Kier alpha value is -2.73. The lowest BCUT2D eigenvalue weighted by atomic mass is 10.1. The lowest BCUT2D eigenvalue weighted by Crippen LogP contribution is -2.33. The van der Waals surface area contributed by atoms with Gasteiger partial charge in [0.1, 0.15) is 5.82 Å². The quantitative estimate of drug-likeness (QED) is 0.847. The molecule has 0 spiro atoms. The highest BCUT2D eigenvalue weighted by Crippen LogP contribution is 2.20. The van der Waals surface area contributed by atoms with Crippen LogP contribution in [0.4, 0.5) is 10.1 Å². The van der Waals surface area contributed by atoms with E-state index in [2.05, 4.69) is 5.32 Å². The molecule has 25 heavy (non-hydrogen) atoms. The SMILES string of the molecule is CCN(CCO)C(=O)c1ccc(C)c(NC(=O)c2ccccc2F)c1. The predicted octanol–water partition coefficient (Wildman–Crippen LogP) is 2.84. The van der Waals surface area contributed by atoms with E-state index >= 15 is 0 Å². The third-order valence-corrected chi connectivity index (χ3v) is 3.89. The molecular weight excluding hydrogens is 323 g/mol. The highest BCUT2D eigenvalue weighted by molar-refractivity contribution is 6.05. The number of likely N-dealkylation sites (N-methyl/N-ethyl adjacent to an activating group) is 1. The molecular formula is C19H21FN2O3. The molecule has 2 N–H and O–H groups in total. The van der Waals surface area contributed by atoms with Gasteiger partial charge in [0, 0.05) is 24.3 Å². The summed E-state index contributed by atoms with van der Waals surface area (Å²) in [6.45, 7) is 4.19. The Balaban J connectivity index is 2.26. The Labute approximate surface area is 146 Å². The summed E-state index contributed by atoms with van der Waals surface area (Å²) in [6, 6.07) is 10.7. The molecule has 2 rings (SSSR count). The summed E-state index contributed by atoms with van der Waals surface area (Å²) in [4.78, 5) is 26.3. The van der Waals surface area contributed by atoms with Crippen LogP contribution in [-0.2, 0) is 0 Å². The maximum atomic E-state index is 13.7. The molecule has 0 saturated carbocycles. The molecule has 0 fully saturated rings. The second-order valence-electron chi connectivity index (χ2n) is 5.57. The number of rotatable bonds is 6. The first-order valence-corrected chi connectivity index (χ1v) is 8.04. The average Bonchev–Trinajstić information content (AvgIpc) is 2.61. The second kappa shape index (κ2) is 8.39. The second-order valence-corrected chi connectivity index (χ2v) is 5.57. The van der Waals surface area contributed by atoms with Crippen LogP contribution in [0.3, 0.4) is 0 Å². The van der Waals surface area contributed by atoms with Gasteiger partial charge in [-0.1, -0.05) is 18.2 Å². The summed E-state index contributed by atoms with van der Waals surface area (Å²) in [5.41, 5.74) is 1.53. The number of aliphatic hydroxyl groups is 1. The molecule has 0 heterocycles. The third-order valence-electron chi connectivity index (χ3n) is 3.89. The van der Waals surface area contributed by atoms with Gasteiger partial charge in [-0.3, -0.25) is 9.59 Å². The third kappa shape index (κ3) is 4.42. The number of hydrogen-bond acceptors (Lipinski definition) is 3. The highest BCUT2D eigenvalue weighted by atomic mass is 19.1. The number of nitrogens with zero attached hydrogens (tertiary/aromatic N) is 1. The molecule has 0 bridgehead atoms. The van der Waals surface area contributed by atoms with Crippen LogP contribution in [0.1, 0.15) is 33.2 Å². The molecule has 0 aliphatic heterocycles. The van der Waals surface area contributed by atoms with Crippen molar-refractivity contribution in [1.29, 1.82) is 0 Å². The molecule has 0 aliphatic carbocycles. The lowest BCUT2D eigenvalue weighted by Gasteiger charge is -2.20. The Morgan fingerprint density at radius 1 is 1.20 bits per heavy atom. The van der Waals surface area contributed by atoms with Crippen LogP contribution in [0, 0.1) is 12.7 Å². The number of halogens is 1. The zero-order valence-corrected chi connectivity index (χ0v) is 14.3. The first-order valence-electron chi connectivity index (χ1n) is 8.04. The van der Waals surface area contributed by atoms with Gasteiger partial charge in [0.2, 0.25) is 0 Å². The molecule has 2 aromatic carbocycles. The largest absolute Gasteiger partial charge is 0.395 e. The molecule has 6 heteroatoms. The Morgan fingerprint density at radius 2 is 1.92 bits per heavy atom. The molecule has 0 atom stereocenters. The first kappa shape index (κ1) is 18.6. The van der Waals surface area contributed by atoms with Gasteiger partial charge >= 0.3 is 0 Å². The standard InChI is InChI=1S/C19H21FN2O3/c1-3-22(10-11-23)19(25)14-9-8-13(2)17(12-14)21-18(24)15-6-4-5-7-16(15)20/h4-9,12,23H,3,10-11H2,1-2H3,(H,21,24). The maximum Gasteiger partial charge on any atom is 0.258 e. The fourth-order valence-corrected chi connectivity index (χ4v) is 2.43. The number of aryl methyl sites for hydroxylation is 1. The van der Waals surface area contributed by atoms with Crippen LogP contribution >= 0.6 is 0 Å². The van der Waals surface area contributed by atoms with Gasteiger partial charge in [-0.25, -0.2) is 4.39 Å². The van der Waals surface area contributed by atoms with E-state index in [9.17, 15) is 14.0 Å². The molecule has 0 aromatic heterocycles. The van der Waals surface area contributed by atoms with Crippen LogP contribution in [0.15, 0.2) is 42.5 Å². The van der Waals surface area contributed by atoms with Crippen molar-refractivity contribution in [3.63, 3.8) is 0 Å². The Bertz CT molecular complexity index is 777. The molecule has 0 saturated heterocycles. The summed E-state index contributed by atoms with van der Waals surface area (Å²) >= 11 is 0. The average molecular weight is 344 g/mol. The molecule has 2 amide bonds. The molecule has 5 nitrogen and oxygen atoms in total. The zero-order valence-electron chi connectivity index (χ0n) is 14.3. The van der Waals surface area contributed by atoms with Crippen molar-refractivity contribution in [1.82, 2.24) is 4.90 Å². The summed E-state index contributed by atoms with van der Waals surface area (Å²) in [5, 5.41) is 11.7. The Morgan fingerprint density at radius 3 is 2.56 bits per heavy atom. The normalized spacial score (nSPS) is 10.4. The summed E-state index contributed by atoms with van der Waals surface area (Å²) < 4.78 is 13.7. The molecule has 0 unspecified atom stereocenters. The van der Waals surface area contributed by atoms with Gasteiger partial charge in [-0.15, -0.1) is 0 Å². The fraction of sp³-hybridized carbons (Fsp3) is 0.263. The van der Waals surface area contributed by atoms with Gasteiger partial charge in [-0.2, -0.15) is 0 Å². The molecule has 132 valence electrons. The summed E-state index contributed by atoms with van der Waals surface area (Å²) in [6.07, 6.45) is 0. The lowest BCUT2D eigenvalue weighted by molar-refractivity contribution is 0.0731. The fourth-order valence-electron chi connectivity index (χ4n) is 2.43. The maximum absolute atomic E-state index is 13.7. The van der Waals surface area contributed by atoms with Crippen molar-refractivity contribution in [2.75, 3.05) is 25.0 Å². The Kier molecular flexibility index (Phi) is 6.25. The monoisotopic (exact) mass is 344 g/mol. The predicted molar refractivity (Wildman–Crippen MR) is 94.2 cm³/mol. The molecule has 0 radical (unpaired) electrons. The number of aliphatic hydroxyl groups excluding tert-OH is 1. The van der Waals surface area contributed by atoms with E-state index < -0.39 is 11.7 Å². The van der Waals surface area contributed by atoms with Crippen molar-refractivity contribution in [2.45, 2.75) is 13.8 Å². The number of hydrogen-bond donors (Lipinski definition) is 2. The van der Waals surface area contributed by atoms with Crippen LogP contribution in [-0.4, -0.2) is 41.5 Å². The minimum atomic E-state index is -0.606. The van der Waals surface area contributed by atoms with Crippen molar-refractivity contribution in [2.24, 2.45) is 0 Å². The summed E-state index contributed by atoms with van der Waals surface area (Å²) in [7, 11) is 0. The summed E-state index contributed by atoms with van der Waals surface area (Å²) in [5.74, 6) is -1.42. The van der Waals surface area contributed by atoms with Gasteiger partial charge in [0.05, 0.1) is 12.2 Å². The topological polar surface area (TPSA) is 69.6 Å². The van der Waals surface area contributed by atoms with Crippen molar-refractivity contribution in [3.8, 4) is 0 Å². The first-order chi connectivity index (χ1) is 12.0. The van der Waals surface area contributed by atoms with Gasteiger partial charge in [0.15, 0.2) is 0 Å². The van der Waals surface area contributed by atoms with Gasteiger partial charge in [0.25, 0.3) is 11.8 Å². The number of carbonyl (C=O) groups excluding carboxylic acids is 2. The van der Waals surface area contributed by atoms with E-state index in [1.165, 1.54) is 23.1 Å². The van der Waals surface area contributed by atoms with Crippen LogP contribution in [0.25, 0.3) is 0 Å². The number of carbonyl (C=O) groups is 2.